The predicted molar refractivity (Wildman–Crippen MR) is 64.8 cm³/mol. The predicted octanol–water partition coefficient (Wildman–Crippen LogP) is 2.47. The Labute approximate surface area is 108 Å². The molecule has 0 saturated heterocycles. The molecule has 0 fully saturated rings. The van der Waals surface area contributed by atoms with Crippen LogP contribution in [0, 0.1) is 17.5 Å². The Kier molecular flexibility index (Phi) is 3.90. The first-order chi connectivity index (χ1) is 8.99. The molecular formula is C13H14F3N3. The maximum Gasteiger partial charge on any atom is 0.133 e. The molecule has 0 saturated carbocycles. The molecule has 1 aromatic heterocycles. The Hall–Kier alpha value is -1.82. The van der Waals surface area contributed by atoms with E-state index in [4.69, 9.17) is 5.73 Å². The van der Waals surface area contributed by atoms with Gasteiger partial charge in [0.25, 0.3) is 0 Å². The normalized spacial score (nSPS) is 12.7. The molecule has 0 amide bonds. The molecular weight excluding hydrogens is 255 g/mol. The maximum atomic E-state index is 13.5. The van der Waals surface area contributed by atoms with Crippen LogP contribution in [-0.4, -0.2) is 9.78 Å². The van der Waals surface area contributed by atoms with Gasteiger partial charge in [-0.25, -0.2) is 13.2 Å². The van der Waals surface area contributed by atoms with Gasteiger partial charge in [0, 0.05) is 42.7 Å². The van der Waals surface area contributed by atoms with E-state index >= 15 is 0 Å². The van der Waals surface area contributed by atoms with Gasteiger partial charge in [-0.3, -0.25) is 4.68 Å². The van der Waals surface area contributed by atoms with Crippen molar-refractivity contribution in [2.75, 3.05) is 0 Å². The number of aryl methyl sites for hydroxylation is 2. The summed E-state index contributed by atoms with van der Waals surface area (Å²) < 4.78 is 41.5. The van der Waals surface area contributed by atoms with Crippen molar-refractivity contribution in [3.8, 4) is 0 Å². The van der Waals surface area contributed by atoms with Gasteiger partial charge < -0.3 is 5.73 Å². The second-order valence-electron chi connectivity index (χ2n) is 4.37. The van der Waals surface area contributed by atoms with E-state index in [0.29, 0.717) is 25.0 Å². The van der Waals surface area contributed by atoms with E-state index in [0.717, 1.165) is 5.69 Å². The highest BCUT2D eigenvalue weighted by molar-refractivity contribution is 5.24. The number of hydrogen-bond acceptors (Lipinski definition) is 2. The molecule has 0 spiro atoms. The number of rotatable bonds is 4. The monoisotopic (exact) mass is 269 g/mol. The second-order valence-corrected chi connectivity index (χ2v) is 4.37. The fraction of sp³-hybridized carbons (Fsp3) is 0.308. The molecule has 0 aliphatic carbocycles. The molecule has 2 N–H and O–H groups in total. The minimum atomic E-state index is -0.949. The fourth-order valence-electron chi connectivity index (χ4n) is 2.00. The molecule has 0 bridgehead atoms. The molecule has 0 radical (unpaired) electrons. The second kappa shape index (κ2) is 5.44. The molecule has 2 aromatic rings. The maximum absolute atomic E-state index is 13.5. The molecule has 0 aliphatic heterocycles. The van der Waals surface area contributed by atoms with Crippen LogP contribution in [0.25, 0.3) is 0 Å². The van der Waals surface area contributed by atoms with E-state index in [9.17, 15) is 13.2 Å². The van der Waals surface area contributed by atoms with Crippen LogP contribution in [0.4, 0.5) is 13.2 Å². The van der Waals surface area contributed by atoms with Crippen molar-refractivity contribution in [2.45, 2.75) is 18.9 Å². The SMILES string of the molecule is Cn1nccc1CCC(N)c1c(F)cc(F)cc1F. The lowest BCUT2D eigenvalue weighted by molar-refractivity contribution is 0.490. The van der Waals surface area contributed by atoms with Gasteiger partial charge >= 0.3 is 0 Å². The van der Waals surface area contributed by atoms with Crippen molar-refractivity contribution < 1.29 is 13.2 Å². The number of halogens is 3. The third-order valence-corrected chi connectivity index (χ3v) is 3.05. The molecule has 0 aliphatic rings. The van der Waals surface area contributed by atoms with Crippen molar-refractivity contribution >= 4 is 0 Å². The molecule has 1 heterocycles. The van der Waals surface area contributed by atoms with Gasteiger partial charge in [0.1, 0.15) is 17.5 Å². The molecule has 1 atom stereocenters. The number of nitrogens with two attached hydrogens (primary N) is 1. The number of benzene rings is 1. The van der Waals surface area contributed by atoms with Gasteiger partial charge in [-0.15, -0.1) is 0 Å². The van der Waals surface area contributed by atoms with E-state index in [1.165, 1.54) is 0 Å². The Morgan fingerprint density at radius 1 is 1.26 bits per heavy atom. The van der Waals surface area contributed by atoms with E-state index in [1.54, 1.807) is 17.9 Å². The van der Waals surface area contributed by atoms with Crippen molar-refractivity contribution in [2.24, 2.45) is 12.8 Å². The van der Waals surface area contributed by atoms with Gasteiger partial charge in [0.15, 0.2) is 0 Å². The van der Waals surface area contributed by atoms with Gasteiger partial charge in [-0.1, -0.05) is 0 Å². The van der Waals surface area contributed by atoms with Crippen LogP contribution in [0.2, 0.25) is 0 Å². The van der Waals surface area contributed by atoms with Crippen LogP contribution in [-0.2, 0) is 13.5 Å². The van der Waals surface area contributed by atoms with Crippen molar-refractivity contribution in [1.29, 1.82) is 0 Å². The third kappa shape index (κ3) is 2.96. The average Bonchev–Trinajstić information content (AvgIpc) is 2.70. The zero-order valence-electron chi connectivity index (χ0n) is 10.4. The van der Waals surface area contributed by atoms with Gasteiger partial charge in [-0.05, 0) is 18.9 Å². The average molecular weight is 269 g/mol. The highest BCUT2D eigenvalue weighted by Crippen LogP contribution is 2.23. The lowest BCUT2D eigenvalue weighted by atomic mass is 10.0. The van der Waals surface area contributed by atoms with Gasteiger partial charge in [-0.2, -0.15) is 5.10 Å². The summed E-state index contributed by atoms with van der Waals surface area (Å²) in [7, 11) is 1.78. The van der Waals surface area contributed by atoms with Crippen LogP contribution >= 0.6 is 0 Å². The standard InChI is InChI=1S/C13H14F3N3/c1-19-9(4-5-18-19)2-3-12(17)13-10(15)6-8(14)7-11(13)16/h4-7,12H,2-3,17H2,1H3. The van der Waals surface area contributed by atoms with Gasteiger partial charge in [0.05, 0.1) is 0 Å². The van der Waals surface area contributed by atoms with Gasteiger partial charge in [0.2, 0.25) is 0 Å². The summed E-state index contributed by atoms with van der Waals surface area (Å²) in [6.45, 7) is 0. The Morgan fingerprint density at radius 3 is 2.42 bits per heavy atom. The number of hydrogen-bond donors (Lipinski definition) is 1. The molecule has 6 heteroatoms. The highest BCUT2D eigenvalue weighted by Gasteiger charge is 2.18. The Morgan fingerprint density at radius 2 is 1.89 bits per heavy atom. The highest BCUT2D eigenvalue weighted by atomic mass is 19.1. The topological polar surface area (TPSA) is 43.8 Å². The quantitative estimate of drug-likeness (QED) is 0.926. The lowest BCUT2D eigenvalue weighted by Crippen LogP contribution is -2.16. The van der Waals surface area contributed by atoms with E-state index in [1.807, 2.05) is 6.07 Å². The molecule has 1 aromatic carbocycles. The zero-order valence-corrected chi connectivity index (χ0v) is 10.4. The van der Waals surface area contributed by atoms with Crippen molar-refractivity contribution in [1.82, 2.24) is 9.78 Å². The van der Waals surface area contributed by atoms with Crippen LogP contribution in [0.5, 0.6) is 0 Å². The summed E-state index contributed by atoms with van der Waals surface area (Å²) in [4.78, 5) is 0. The minimum absolute atomic E-state index is 0.274. The Bertz CT molecular complexity index is 557. The molecule has 102 valence electrons. The lowest BCUT2D eigenvalue weighted by Gasteiger charge is -2.14. The fourth-order valence-corrected chi connectivity index (χ4v) is 2.00. The summed E-state index contributed by atoms with van der Waals surface area (Å²) in [5.74, 6) is -2.84. The molecule has 2 rings (SSSR count). The minimum Gasteiger partial charge on any atom is -0.324 e. The summed E-state index contributed by atoms with van der Waals surface area (Å²) in [6, 6.07) is 2.27. The van der Waals surface area contributed by atoms with Crippen LogP contribution in [0.15, 0.2) is 24.4 Å². The van der Waals surface area contributed by atoms with Crippen LogP contribution in [0.1, 0.15) is 23.7 Å². The number of nitrogens with zero attached hydrogens (tertiary/aromatic N) is 2. The summed E-state index contributed by atoms with van der Waals surface area (Å²) >= 11 is 0. The zero-order chi connectivity index (χ0) is 14.0. The third-order valence-electron chi connectivity index (χ3n) is 3.05. The first kappa shape index (κ1) is 13.6. The first-order valence-corrected chi connectivity index (χ1v) is 5.86. The number of aromatic nitrogens is 2. The van der Waals surface area contributed by atoms with Crippen LogP contribution in [0.3, 0.4) is 0 Å². The van der Waals surface area contributed by atoms with Crippen LogP contribution < -0.4 is 5.73 Å². The first-order valence-electron chi connectivity index (χ1n) is 5.86. The summed E-state index contributed by atoms with van der Waals surface area (Å²) in [6.07, 6.45) is 2.52. The van der Waals surface area contributed by atoms with Crippen molar-refractivity contribution in [3.63, 3.8) is 0 Å². The van der Waals surface area contributed by atoms with E-state index < -0.39 is 23.5 Å². The summed E-state index contributed by atoms with van der Waals surface area (Å²) in [5, 5.41) is 3.99. The van der Waals surface area contributed by atoms with E-state index in [-0.39, 0.29) is 5.56 Å². The molecule has 19 heavy (non-hydrogen) atoms. The Balaban J connectivity index is 2.12. The smallest absolute Gasteiger partial charge is 0.133 e. The molecule has 1 unspecified atom stereocenters. The van der Waals surface area contributed by atoms with Crippen molar-refractivity contribution in [3.05, 3.63) is 53.1 Å². The largest absolute Gasteiger partial charge is 0.324 e. The molecule has 3 nitrogen and oxygen atoms in total. The van der Waals surface area contributed by atoms with E-state index in [2.05, 4.69) is 5.10 Å². The summed E-state index contributed by atoms with van der Waals surface area (Å²) in [5.41, 5.74) is 6.42.